The van der Waals surface area contributed by atoms with Crippen LogP contribution in [0.5, 0.6) is 5.75 Å². The predicted molar refractivity (Wildman–Crippen MR) is 126 cm³/mol. The molecule has 6 nitrogen and oxygen atoms in total. The molecule has 0 saturated carbocycles. The number of carbonyl (C=O) groups is 2. The van der Waals surface area contributed by atoms with Gasteiger partial charge in [-0.25, -0.2) is 0 Å². The molecule has 0 spiro atoms. The second-order valence-electron chi connectivity index (χ2n) is 8.44. The highest BCUT2D eigenvalue weighted by Crippen LogP contribution is 2.47. The Morgan fingerprint density at radius 1 is 0.970 bits per heavy atom. The summed E-state index contributed by atoms with van der Waals surface area (Å²) in [7, 11) is 3.17. The molecule has 1 aliphatic heterocycles. The number of carbonyl (C=O) groups excluding carboxylic acids is 2. The first-order valence-electron chi connectivity index (χ1n) is 11.2. The molecule has 6 heteroatoms. The van der Waals surface area contributed by atoms with Gasteiger partial charge in [-0.3, -0.25) is 14.6 Å². The van der Waals surface area contributed by atoms with Gasteiger partial charge in [-0.15, -0.1) is 0 Å². The van der Waals surface area contributed by atoms with Gasteiger partial charge >= 0.3 is 5.97 Å². The van der Waals surface area contributed by atoms with Gasteiger partial charge in [0.1, 0.15) is 18.3 Å². The van der Waals surface area contributed by atoms with Gasteiger partial charge in [0, 0.05) is 36.4 Å². The van der Waals surface area contributed by atoms with E-state index in [9.17, 15) is 9.59 Å². The third-order valence-corrected chi connectivity index (χ3v) is 6.42. The number of benzene rings is 2. The second kappa shape index (κ2) is 10.1. The lowest BCUT2D eigenvalue weighted by Crippen LogP contribution is -2.38. The fourth-order valence-corrected chi connectivity index (χ4v) is 4.81. The molecule has 0 radical (unpaired) electrons. The molecular formula is C27H29NO5. The molecule has 4 rings (SSSR count). The summed E-state index contributed by atoms with van der Waals surface area (Å²) in [5, 5.41) is 0. The van der Waals surface area contributed by atoms with Crippen LogP contribution in [0.25, 0.3) is 0 Å². The van der Waals surface area contributed by atoms with E-state index < -0.39 is 17.8 Å². The summed E-state index contributed by atoms with van der Waals surface area (Å²) in [4.78, 5) is 31.5. The second-order valence-corrected chi connectivity index (χ2v) is 8.44. The maximum Gasteiger partial charge on any atom is 0.315 e. The number of aliphatic imine (C=N–C) groups is 1. The molecule has 33 heavy (non-hydrogen) atoms. The van der Waals surface area contributed by atoms with Gasteiger partial charge in [0.2, 0.25) is 0 Å². The molecular weight excluding hydrogens is 418 g/mol. The molecule has 0 fully saturated rings. The van der Waals surface area contributed by atoms with Crippen LogP contribution >= 0.6 is 0 Å². The summed E-state index contributed by atoms with van der Waals surface area (Å²) in [6, 6.07) is 17.6. The monoisotopic (exact) mass is 447 g/mol. The van der Waals surface area contributed by atoms with Crippen LogP contribution in [0.4, 0.5) is 0 Å². The quantitative estimate of drug-likeness (QED) is 0.463. The predicted octanol–water partition coefficient (Wildman–Crippen LogP) is 4.46. The molecule has 1 unspecified atom stereocenters. The molecule has 1 aliphatic carbocycles. The lowest BCUT2D eigenvalue weighted by atomic mass is 9.69. The Kier molecular flexibility index (Phi) is 7.04. The Labute approximate surface area is 194 Å². The largest absolute Gasteiger partial charge is 0.497 e. The van der Waals surface area contributed by atoms with Crippen molar-refractivity contribution in [3.63, 3.8) is 0 Å². The highest BCUT2D eigenvalue weighted by Gasteiger charge is 2.44. The lowest BCUT2D eigenvalue weighted by Gasteiger charge is -2.36. The van der Waals surface area contributed by atoms with Crippen molar-refractivity contribution < 1.29 is 23.8 Å². The Hall–Kier alpha value is -3.25. The van der Waals surface area contributed by atoms with E-state index in [0.717, 1.165) is 16.8 Å². The smallest absolute Gasteiger partial charge is 0.315 e. The van der Waals surface area contributed by atoms with Crippen LogP contribution in [0.15, 0.2) is 70.9 Å². The number of nitrogens with zero attached hydrogens (tertiary/aromatic N) is 1. The Morgan fingerprint density at radius 2 is 1.70 bits per heavy atom. The Morgan fingerprint density at radius 3 is 2.36 bits per heavy atom. The molecule has 2 aromatic carbocycles. The van der Waals surface area contributed by atoms with Crippen LogP contribution < -0.4 is 4.74 Å². The molecule has 1 heterocycles. The van der Waals surface area contributed by atoms with Gasteiger partial charge < -0.3 is 14.2 Å². The normalized spacial score (nSPS) is 22.5. The zero-order valence-electron chi connectivity index (χ0n) is 19.2. The van der Waals surface area contributed by atoms with Crippen molar-refractivity contribution in [2.24, 2.45) is 10.9 Å². The van der Waals surface area contributed by atoms with Gasteiger partial charge in [-0.2, -0.15) is 0 Å². The van der Waals surface area contributed by atoms with Crippen LogP contribution in [0.1, 0.15) is 42.7 Å². The van der Waals surface area contributed by atoms with Gasteiger partial charge in [-0.1, -0.05) is 42.5 Å². The number of ketones is 1. The SMILES string of the molecule is COCCOC(=O)C1C(C)=NC2=C(C(=O)C[C@H](c3ccccc3)C2)[C@H]1c1ccc(OC)cc1. The number of hydrogen-bond donors (Lipinski definition) is 0. The minimum atomic E-state index is -0.661. The summed E-state index contributed by atoms with van der Waals surface area (Å²) < 4.78 is 15.8. The summed E-state index contributed by atoms with van der Waals surface area (Å²) in [5.41, 5.74) is 4.08. The number of rotatable bonds is 7. The van der Waals surface area contributed by atoms with E-state index in [4.69, 9.17) is 19.2 Å². The number of allylic oxidation sites excluding steroid dienone is 2. The average molecular weight is 448 g/mol. The van der Waals surface area contributed by atoms with E-state index in [0.29, 0.717) is 36.5 Å². The standard InChI is InChI=1S/C27H29NO5/c1-17-24(27(30)33-14-13-31-2)25(19-9-11-21(32-3)12-10-19)26-22(28-17)15-20(16-23(26)29)18-7-5-4-6-8-18/h4-12,20,24-25H,13-16H2,1-3H3/t20-,24?,25+/m1/s1. The van der Waals surface area contributed by atoms with E-state index in [1.54, 1.807) is 14.2 Å². The average Bonchev–Trinajstić information content (AvgIpc) is 2.83. The van der Waals surface area contributed by atoms with Gasteiger partial charge in [0.05, 0.1) is 13.7 Å². The molecule has 172 valence electrons. The minimum absolute atomic E-state index is 0.0388. The first-order valence-corrected chi connectivity index (χ1v) is 11.2. The minimum Gasteiger partial charge on any atom is -0.497 e. The lowest BCUT2D eigenvalue weighted by molar-refractivity contribution is -0.147. The maximum absolute atomic E-state index is 13.5. The van der Waals surface area contributed by atoms with Gasteiger partial charge in [-0.05, 0) is 42.5 Å². The van der Waals surface area contributed by atoms with E-state index in [1.165, 1.54) is 0 Å². The molecule has 0 amide bonds. The molecule has 0 bridgehead atoms. The maximum atomic E-state index is 13.5. The zero-order chi connectivity index (χ0) is 23.4. The van der Waals surface area contributed by atoms with Crippen molar-refractivity contribution in [3.8, 4) is 5.75 Å². The molecule has 0 aromatic heterocycles. The van der Waals surface area contributed by atoms with Crippen molar-refractivity contribution in [1.82, 2.24) is 0 Å². The molecule has 0 N–H and O–H groups in total. The van der Waals surface area contributed by atoms with Crippen LogP contribution in [-0.2, 0) is 19.1 Å². The van der Waals surface area contributed by atoms with Crippen molar-refractivity contribution in [1.29, 1.82) is 0 Å². The topological polar surface area (TPSA) is 74.2 Å². The fourth-order valence-electron chi connectivity index (χ4n) is 4.81. The number of Topliss-reactive ketones (excluding diaryl/α,β-unsaturated/α-hetero) is 1. The third-order valence-electron chi connectivity index (χ3n) is 6.42. The van der Waals surface area contributed by atoms with E-state index in [2.05, 4.69) is 12.1 Å². The van der Waals surface area contributed by atoms with Crippen LogP contribution in [-0.4, -0.2) is 44.9 Å². The van der Waals surface area contributed by atoms with Crippen molar-refractivity contribution >= 4 is 17.5 Å². The zero-order valence-corrected chi connectivity index (χ0v) is 19.2. The fraction of sp³-hybridized carbons (Fsp3) is 0.370. The Bertz CT molecular complexity index is 1070. The highest BCUT2D eigenvalue weighted by atomic mass is 16.6. The highest BCUT2D eigenvalue weighted by molar-refractivity contribution is 6.09. The first kappa shape index (κ1) is 22.9. The number of esters is 1. The van der Waals surface area contributed by atoms with E-state index in [1.807, 2.05) is 49.4 Å². The van der Waals surface area contributed by atoms with E-state index >= 15 is 0 Å². The third kappa shape index (κ3) is 4.76. The molecule has 0 saturated heterocycles. The number of methoxy groups -OCH3 is 2. The first-order chi connectivity index (χ1) is 16.0. The summed E-state index contributed by atoms with van der Waals surface area (Å²) >= 11 is 0. The van der Waals surface area contributed by atoms with Gasteiger partial charge in [0.15, 0.2) is 5.78 Å². The number of hydrogen-bond acceptors (Lipinski definition) is 6. The molecule has 2 aromatic rings. The van der Waals surface area contributed by atoms with Crippen molar-refractivity contribution in [3.05, 3.63) is 77.0 Å². The van der Waals surface area contributed by atoms with Crippen LogP contribution in [0, 0.1) is 5.92 Å². The van der Waals surface area contributed by atoms with Gasteiger partial charge in [0.25, 0.3) is 0 Å². The summed E-state index contributed by atoms with van der Waals surface area (Å²) in [6.45, 7) is 2.32. The summed E-state index contributed by atoms with van der Waals surface area (Å²) in [6.07, 6.45) is 1.07. The Balaban J connectivity index is 1.74. The molecule has 2 aliphatic rings. The van der Waals surface area contributed by atoms with Crippen molar-refractivity contribution in [2.45, 2.75) is 31.6 Å². The number of ether oxygens (including phenoxy) is 3. The van der Waals surface area contributed by atoms with Crippen LogP contribution in [0.3, 0.4) is 0 Å². The van der Waals surface area contributed by atoms with E-state index in [-0.39, 0.29) is 18.3 Å². The van der Waals surface area contributed by atoms with Crippen LogP contribution in [0.2, 0.25) is 0 Å². The summed E-state index contributed by atoms with van der Waals surface area (Å²) in [5.74, 6) is -0.660. The van der Waals surface area contributed by atoms with Crippen molar-refractivity contribution in [2.75, 3.05) is 27.4 Å². The molecule has 3 atom stereocenters.